The Kier molecular flexibility index (Phi) is 5.08. The molecule has 1 aliphatic rings. The normalized spacial score (nSPS) is 19.2. The summed E-state index contributed by atoms with van der Waals surface area (Å²) in [5, 5.41) is 3.65. The van der Waals surface area contributed by atoms with Crippen LogP contribution in [0.4, 0.5) is 5.95 Å². The molecule has 1 saturated carbocycles. The number of nitrogens with zero attached hydrogens (tertiary/aromatic N) is 2. The summed E-state index contributed by atoms with van der Waals surface area (Å²) >= 11 is 0. The summed E-state index contributed by atoms with van der Waals surface area (Å²) in [4.78, 5) is 4.63. The summed E-state index contributed by atoms with van der Waals surface area (Å²) in [7, 11) is 1.75. The Morgan fingerprint density at radius 3 is 2.75 bits per heavy atom. The van der Waals surface area contributed by atoms with Crippen LogP contribution in [0, 0.1) is 12.3 Å². The first kappa shape index (κ1) is 15.4. The van der Waals surface area contributed by atoms with E-state index in [-0.39, 0.29) is 0 Å². The second-order valence-electron chi connectivity index (χ2n) is 6.83. The molecule has 1 aromatic rings. The zero-order valence-electron chi connectivity index (χ0n) is 13.4. The minimum absolute atomic E-state index is 0.516. The Balaban J connectivity index is 1.92. The first-order valence-corrected chi connectivity index (χ1v) is 7.79. The SMILES string of the molecule is COCCCn1cc(C)nc1NC1CCC(C)(C)CC1. The van der Waals surface area contributed by atoms with Gasteiger partial charge in [0.25, 0.3) is 0 Å². The molecule has 20 heavy (non-hydrogen) atoms. The first-order valence-electron chi connectivity index (χ1n) is 7.79. The van der Waals surface area contributed by atoms with Crippen LogP contribution in [-0.2, 0) is 11.3 Å². The number of hydrogen-bond donors (Lipinski definition) is 1. The van der Waals surface area contributed by atoms with Gasteiger partial charge in [0.15, 0.2) is 0 Å². The predicted octanol–water partition coefficient (Wildman–Crippen LogP) is 3.61. The fourth-order valence-corrected chi connectivity index (χ4v) is 2.94. The summed E-state index contributed by atoms with van der Waals surface area (Å²) in [6.45, 7) is 8.57. The van der Waals surface area contributed by atoms with Crippen LogP contribution >= 0.6 is 0 Å². The molecule has 114 valence electrons. The number of nitrogens with one attached hydrogen (secondary N) is 1. The van der Waals surface area contributed by atoms with Gasteiger partial charge in [-0.05, 0) is 44.4 Å². The Labute approximate surface area is 122 Å². The van der Waals surface area contributed by atoms with Gasteiger partial charge in [-0.1, -0.05) is 13.8 Å². The first-order chi connectivity index (χ1) is 9.50. The molecule has 4 nitrogen and oxygen atoms in total. The molecule has 0 saturated heterocycles. The van der Waals surface area contributed by atoms with Gasteiger partial charge in [0.2, 0.25) is 5.95 Å². The molecule has 0 bridgehead atoms. The summed E-state index contributed by atoms with van der Waals surface area (Å²) in [6, 6.07) is 0.575. The Bertz CT molecular complexity index is 415. The highest BCUT2D eigenvalue weighted by Gasteiger charge is 2.27. The van der Waals surface area contributed by atoms with Crippen LogP contribution in [0.2, 0.25) is 0 Å². The van der Waals surface area contributed by atoms with E-state index in [0.29, 0.717) is 11.5 Å². The maximum atomic E-state index is 5.13. The fourth-order valence-electron chi connectivity index (χ4n) is 2.94. The van der Waals surface area contributed by atoms with Crippen molar-refractivity contribution in [1.29, 1.82) is 0 Å². The Morgan fingerprint density at radius 2 is 2.10 bits per heavy atom. The second kappa shape index (κ2) is 6.61. The Hall–Kier alpha value is -1.03. The summed E-state index contributed by atoms with van der Waals surface area (Å²) in [6.07, 6.45) is 8.25. The van der Waals surface area contributed by atoms with Crippen LogP contribution in [0.5, 0.6) is 0 Å². The van der Waals surface area contributed by atoms with Crippen LogP contribution in [0.1, 0.15) is 51.6 Å². The van der Waals surface area contributed by atoms with Crippen molar-refractivity contribution in [3.05, 3.63) is 11.9 Å². The molecule has 2 rings (SSSR count). The average Bonchev–Trinajstić information content (AvgIpc) is 2.73. The fraction of sp³-hybridized carbons (Fsp3) is 0.812. The van der Waals surface area contributed by atoms with Gasteiger partial charge in [0.1, 0.15) is 0 Å². The van der Waals surface area contributed by atoms with Gasteiger partial charge in [0.05, 0.1) is 5.69 Å². The lowest BCUT2D eigenvalue weighted by Gasteiger charge is -2.34. The van der Waals surface area contributed by atoms with E-state index in [1.54, 1.807) is 7.11 Å². The number of aromatic nitrogens is 2. The van der Waals surface area contributed by atoms with Crippen molar-refractivity contribution < 1.29 is 4.74 Å². The van der Waals surface area contributed by atoms with Gasteiger partial charge in [-0.15, -0.1) is 0 Å². The largest absolute Gasteiger partial charge is 0.385 e. The highest BCUT2D eigenvalue weighted by molar-refractivity contribution is 5.30. The van der Waals surface area contributed by atoms with Crippen LogP contribution in [0.25, 0.3) is 0 Å². The second-order valence-corrected chi connectivity index (χ2v) is 6.83. The van der Waals surface area contributed by atoms with Gasteiger partial charge >= 0.3 is 0 Å². The molecular weight excluding hydrogens is 250 g/mol. The molecule has 0 radical (unpaired) electrons. The van der Waals surface area contributed by atoms with Crippen molar-refractivity contribution in [1.82, 2.24) is 9.55 Å². The third-order valence-electron chi connectivity index (χ3n) is 4.32. The third kappa shape index (κ3) is 4.23. The molecule has 1 heterocycles. The van der Waals surface area contributed by atoms with E-state index in [2.05, 4.69) is 41.8 Å². The predicted molar refractivity (Wildman–Crippen MR) is 83.1 cm³/mol. The molecule has 0 amide bonds. The van der Waals surface area contributed by atoms with Crippen molar-refractivity contribution in [3.8, 4) is 0 Å². The quantitative estimate of drug-likeness (QED) is 0.809. The van der Waals surface area contributed by atoms with Crippen molar-refractivity contribution >= 4 is 5.95 Å². The van der Waals surface area contributed by atoms with E-state index in [4.69, 9.17) is 4.74 Å². The molecule has 4 heteroatoms. The number of aryl methyl sites for hydroxylation is 2. The minimum Gasteiger partial charge on any atom is -0.385 e. The third-order valence-corrected chi connectivity index (χ3v) is 4.32. The summed E-state index contributed by atoms with van der Waals surface area (Å²) in [5.74, 6) is 1.03. The van der Waals surface area contributed by atoms with Gasteiger partial charge in [0, 0.05) is 32.5 Å². The highest BCUT2D eigenvalue weighted by atomic mass is 16.5. The molecule has 0 aliphatic heterocycles. The molecule has 1 aromatic heterocycles. The maximum Gasteiger partial charge on any atom is 0.203 e. The maximum absolute atomic E-state index is 5.13. The Morgan fingerprint density at radius 1 is 1.40 bits per heavy atom. The number of hydrogen-bond acceptors (Lipinski definition) is 3. The molecule has 0 aromatic carbocycles. The monoisotopic (exact) mass is 279 g/mol. The lowest BCUT2D eigenvalue weighted by atomic mass is 9.76. The number of ether oxygens (including phenoxy) is 1. The van der Waals surface area contributed by atoms with Gasteiger partial charge in [-0.3, -0.25) is 0 Å². The lowest BCUT2D eigenvalue weighted by molar-refractivity contribution is 0.190. The van der Waals surface area contributed by atoms with Crippen molar-refractivity contribution in [2.24, 2.45) is 5.41 Å². The lowest BCUT2D eigenvalue weighted by Crippen LogP contribution is -2.30. The average molecular weight is 279 g/mol. The topological polar surface area (TPSA) is 39.1 Å². The summed E-state index contributed by atoms with van der Waals surface area (Å²) < 4.78 is 7.36. The van der Waals surface area contributed by atoms with Crippen LogP contribution in [-0.4, -0.2) is 29.3 Å². The van der Waals surface area contributed by atoms with E-state index >= 15 is 0 Å². The van der Waals surface area contributed by atoms with Crippen LogP contribution in [0.3, 0.4) is 0 Å². The van der Waals surface area contributed by atoms with Gasteiger partial charge in [-0.25, -0.2) is 4.98 Å². The van der Waals surface area contributed by atoms with Crippen LogP contribution in [0.15, 0.2) is 6.20 Å². The van der Waals surface area contributed by atoms with E-state index in [1.807, 2.05) is 0 Å². The van der Waals surface area contributed by atoms with E-state index < -0.39 is 0 Å². The van der Waals surface area contributed by atoms with Gasteiger partial charge < -0.3 is 14.6 Å². The zero-order chi connectivity index (χ0) is 14.6. The standard InChI is InChI=1S/C16H29N3O/c1-13-12-19(10-5-11-20-4)15(17-13)18-14-6-8-16(2,3)9-7-14/h12,14H,5-11H2,1-4H3,(H,17,18). The molecule has 1 aliphatic carbocycles. The number of methoxy groups -OCH3 is 1. The van der Waals surface area contributed by atoms with E-state index in [0.717, 1.165) is 31.2 Å². The van der Waals surface area contributed by atoms with Crippen molar-refractivity contribution in [2.75, 3.05) is 19.0 Å². The zero-order valence-corrected chi connectivity index (χ0v) is 13.4. The summed E-state index contributed by atoms with van der Waals surface area (Å²) in [5.41, 5.74) is 1.60. The number of anilines is 1. The molecule has 0 unspecified atom stereocenters. The molecule has 1 fully saturated rings. The molecule has 1 N–H and O–H groups in total. The minimum atomic E-state index is 0.516. The van der Waals surface area contributed by atoms with E-state index in [1.165, 1.54) is 25.7 Å². The number of imidazole rings is 1. The number of rotatable bonds is 6. The molecule has 0 spiro atoms. The molecule has 0 atom stereocenters. The smallest absolute Gasteiger partial charge is 0.203 e. The van der Waals surface area contributed by atoms with Crippen LogP contribution < -0.4 is 5.32 Å². The molecular formula is C16H29N3O. The van der Waals surface area contributed by atoms with Crippen molar-refractivity contribution in [3.63, 3.8) is 0 Å². The highest BCUT2D eigenvalue weighted by Crippen LogP contribution is 2.36. The van der Waals surface area contributed by atoms with E-state index in [9.17, 15) is 0 Å². The van der Waals surface area contributed by atoms with Gasteiger partial charge in [-0.2, -0.15) is 0 Å². The van der Waals surface area contributed by atoms with Crippen molar-refractivity contribution in [2.45, 2.75) is 65.5 Å².